The Kier molecular flexibility index (Phi) is 5.20. The van der Waals surface area contributed by atoms with Gasteiger partial charge in [0.25, 0.3) is 0 Å². The topological polar surface area (TPSA) is 26.3 Å². The van der Waals surface area contributed by atoms with E-state index in [9.17, 15) is 4.79 Å². The lowest BCUT2D eigenvalue weighted by molar-refractivity contribution is -0.146. The molecule has 0 bridgehead atoms. The SMILES string of the molecule is CC(C)Cc1ccc(CC(=O)OC(C)C)cc1. The first kappa shape index (κ1) is 13.8. The molecule has 2 nitrogen and oxygen atoms in total. The zero-order chi connectivity index (χ0) is 12.8. The molecule has 0 amide bonds. The fourth-order valence-electron chi connectivity index (χ4n) is 1.74. The molecule has 2 heteroatoms. The Hall–Kier alpha value is -1.31. The molecule has 0 N–H and O–H groups in total. The first-order valence-electron chi connectivity index (χ1n) is 6.24. The molecule has 0 aliphatic heterocycles. The van der Waals surface area contributed by atoms with Crippen molar-refractivity contribution in [2.45, 2.75) is 46.6 Å². The summed E-state index contributed by atoms with van der Waals surface area (Å²) in [5.41, 5.74) is 2.34. The molecule has 1 aromatic carbocycles. The van der Waals surface area contributed by atoms with Gasteiger partial charge in [0.1, 0.15) is 0 Å². The molecule has 17 heavy (non-hydrogen) atoms. The van der Waals surface area contributed by atoms with Gasteiger partial charge >= 0.3 is 5.97 Å². The molecular formula is C15H22O2. The van der Waals surface area contributed by atoms with Crippen LogP contribution in [0, 0.1) is 5.92 Å². The summed E-state index contributed by atoms with van der Waals surface area (Å²) in [5.74, 6) is 0.503. The lowest BCUT2D eigenvalue weighted by Crippen LogP contribution is -2.13. The van der Waals surface area contributed by atoms with E-state index < -0.39 is 0 Å². The molecule has 0 saturated heterocycles. The fourth-order valence-corrected chi connectivity index (χ4v) is 1.74. The van der Waals surface area contributed by atoms with Crippen LogP contribution in [0.4, 0.5) is 0 Å². The number of benzene rings is 1. The third-order valence-electron chi connectivity index (χ3n) is 2.38. The summed E-state index contributed by atoms with van der Waals surface area (Å²) in [6, 6.07) is 8.22. The molecule has 1 rings (SSSR count). The fraction of sp³-hybridized carbons (Fsp3) is 0.533. The average Bonchev–Trinajstić information content (AvgIpc) is 2.18. The summed E-state index contributed by atoms with van der Waals surface area (Å²) in [5, 5.41) is 0. The number of rotatable bonds is 5. The van der Waals surface area contributed by atoms with Gasteiger partial charge in [-0.25, -0.2) is 0 Å². The molecule has 0 radical (unpaired) electrons. The van der Waals surface area contributed by atoms with Crippen LogP contribution in [-0.2, 0) is 22.4 Å². The smallest absolute Gasteiger partial charge is 0.310 e. The van der Waals surface area contributed by atoms with Gasteiger partial charge in [0, 0.05) is 0 Å². The predicted octanol–water partition coefficient (Wildman–Crippen LogP) is 3.38. The highest BCUT2D eigenvalue weighted by atomic mass is 16.5. The van der Waals surface area contributed by atoms with Crippen LogP contribution in [0.15, 0.2) is 24.3 Å². The second-order valence-electron chi connectivity index (χ2n) is 5.13. The van der Waals surface area contributed by atoms with E-state index in [0.717, 1.165) is 12.0 Å². The van der Waals surface area contributed by atoms with E-state index in [-0.39, 0.29) is 12.1 Å². The number of carbonyl (C=O) groups excluding carboxylic acids is 1. The maximum Gasteiger partial charge on any atom is 0.310 e. The van der Waals surface area contributed by atoms with Crippen molar-refractivity contribution in [3.8, 4) is 0 Å². The highest BCUT2D eigenvalue weighted by Gasteiger charge is 2.07. The van der Waals surface area contributed by atoms with Gasteiger partial charge in [0.2, 0.25) is 0 Å². The highest BCUT2D eigenvalue weighted by Crippen LogP contribution is 2.10. The van der Waals surface area contributed by atoms with Gasteiger partial charge in [0.05, 0.1) is 12.5 Å². The Labute approximate surface area is 104 Å². The molecule has 0 aromatic heterocycles. The van der Waals surface area contributed by atoms with Crippen LogP contribution < -0.4 is 0 Å². The lowest BCUT2D eigenvalue weighted by atomic mass is 10.0. The summed E-state index contributed by atoms with van der Waals surface area (Å²) < 4.78 is 5.11. The first-order chi connectivity index (χ1) is 7.97. The van der Waals surface area contributed by atoms with Crippen molar-refractivity contribution in [2.75, 3.05) is 0 Å². The van der Waals surface area contributed by atoms with Crippen LogP contribution in [0.25, 0.3) is 0 Å². The minimum atomic E-state index is -0.156. The van der Waals surface area contributed by atoms with Crippen molar-refractivity contribution < 1.29 is 9.53 Å². The molecular weight excluding hydrogens is 212 g/mol. The van der Waals surface area contributed by atoms with E-state index >= 15 is 0 Å². The Morgan fingerprint density at radius 3 is 2.06 bits per heavy atom. The van der Waals surface area contributed by atoms with E-state index in [2.05, 4.69) is 26.0 Å². The average molecular weight is 234 g/mol. The van der Waals surface area contributed by atoms with Crippen molar-refractivity contribution >= 4 is 5.97 Å². The summed E-state index contributed by atoms with van der Waals surface area (Å²) in [6.07, 6.45) is 1.40. The summed E-state index contributed by atoms with van der Waals surface area (Å²) in [4.78, 5) is 11.5. The van der Waals surface area contributed by atoms with Crippen LogP contribution in [0.2, 0.25) is 0 Å². The van der Waals surface area contributed by atoms with Gasteiger partial charge in [0.15, 0.2) is 0 Å². The van der Waals surface area contributed by atoms with Crippen LogP contribution >= 0.6 is 0 Å². The Morgan fingerprint density at radius 2 is 1.59 bits per heavy atom. The Morgan fingerprint density at radius 1 is 1.06 bits per heavy atom. The molecule has 0 heterocycles. The zero-order valence-corrected chi connectivity index (χ0v) is 11.2. The van der Waals surface area contributed by atoms with Crippen molar-refractivity contribution in [3.63, 3.8) is 0 Å². The van der Waals surface area contributed by atoms with Gasteiger partial charge in [-0.05, 0) is 37.3 Å². The van der Waals surface area contributed by atoms with E-state index in [0.29, 0.717) is 12.3 Å². The first-order valence-corrected chi connectivity index (χ1v) is 6.24. The predicted molar refractivity (Wildman–Crippen MR) is 69.9 cm³/mol. The maximum absolute atomic E-state index is 11.5. The van der Waals surface area contributed by atoms with Crippen LogP contribution in [0.1, 0.15) is 38.8 Å². The largest absolute Gasteiger partial charge is 0.463 e. The number of esters is 1. The number of hydrogen-bond donors (Lipinski definition) is 0. The number of hydrogen-bond acceptors (Lipinski definition) is 2. The van der Waals surface area contributed by atoms with Gasteiger partial charge in [-0.1, -0.05) is 38.1 Å². The van der Waals surface area contributed by atoms with Crippen LogP contribution in [0.3, 0.4) is 0 Å². The van der Waals surface area contributed by atoms with Gasteiger partial charge in [-0.15, -0.1) is 0 Å². The van der Waals surface area contributed by atoms with E-state index in [1.807, 2.05) is 26.0 Å². The molecule has 0 aliphatic rings. The minimum absolute atomic E-state index is 0.0392. The molecule has 0 fully saturated rings. The summed E-state index contributed by atoms with van der Waals surface area (Å²) in [6.45, 7) is 8.13. The van der Waals surface area contributed by atoms with Crippen LogP contribution in [-0.4, -0.2) is 12.1 Å². The van der Waals surface area contributed by atoms with Gasteiger partial charge in [-0.3, -0.25) is 4.79 Å². The molecule has 1 aromatic rings. The van der Waals surface area contributed by atoms with Gasteiger partial charge in [-0.2, -0.15) is 0 Å². The quantitative estimate of drug-likeness (QED) is 0.730. The van der Waals surface area contributed by atoms with Crippen molar-refractivity contribution in [2.24, 2.45) is 5.92 Å². The summed E-state index contributed by atoms with van der Waals surface area (Å²) in [7, 11) is 0. The molecule has 0 atom stereocenters. The van der Waals surface area contributed by atoms with Crippen molar-refractivity contribution in [1.29, 1.82) is 0 Å². The normalized spacial score (nSPS) is 10.9. The summed E-state index contributed by atoms with van der Waals surface area (Å²) >= 11 is 0. The second-order valence-corrected chi connectivity index (χ2v) is 5.13. The third kappa shape index (κ3) is 5.53. The van der Waals surface area contributed by atoms with Crippen LogP contribution in [0.5, 0.6) is 0 Å². The van der Waals surface area contributed by atoms with Crippen molar-refractivity contribution in [3.05, 3.63) is 35.4 Å². The molecule has 0 saturated carbocycles. The minimum Gasteiger partial charge on any atom is -0.463 e. The Balaban J connectivity index is 2.53. The number of carbonyl (C=O) groups is 1. The molecule has 0 unspecified atom stereocenters. The van der Waals surface area contributed by atoms with Crippen molar-refractivity contribution in [1.82, 2.24) is 0 Å². The molecule has 0 spiro atoms. The third-order valence-corrected chi connectivity index (χ3v) is 2.38. The monoisotopic (exact) mass is 234 g/mol. The van der Waals surface area contributed by atoms with E-state index in [1.165, 1.54) is 5.56 Å². The molecule has 0 aliphatic carbocycles. The zero-order valence-electron chi connectivity index (χ0n) is 11.2. The lowest BCUT2D eigenvalue weighted by Gasteiger charge is -2.09. The van der Waals surface area contributed by atoms with E-state index in [1.54, 1.807) is 0 Å². The highest BCUT2D eigenvalue weighted by molar-refractivity contribution is 5.72. The molecule has 94 valence electrons. The van der Waals surface area contributed by atoms with E-state index in [4.69, 9.17) is 4.74 Å². The Bertz CT molecular complexity index is 350. The standard InChI is InChI=1S/C15H22O2/c1-11(2)9-13-5-7-14(8-6-13)10-15(16)17-12(3)4/h5-8,11-12H,9-10H2,1-4H3. The number of ether oxygens (including phenoxy) is 1. The maximum atomic E-state index is 11.5. The second kappa shape index (κ2) is 6.43. The van der Waals surface area contributed by atoms with Gasteiger partial charge < -0.3 is 4.74 Å².